The summed E-state index contributed by atoms with van der Waals surface area (Å²) in [5, 5.41) is 0. The van der Waals surface area contributed by atoms with Crippen molar-refractivity contribution in [3.05, 3.63) is 24.3 Å². The highest BCUT2D eigenvalue weighted by Gasteiger charge is 2.33. The standard InChI is InChI=1S/C18H28N2O6S2/c1-4-19(5-2)27(22,23)16-7-9-17(10-8-16)28(24,25)20-13-11-15(12-14-20)18(21)26-6-3/h7-10,15H,4-6,11-14H2,1-3H3. The summed E-state index contributed by atoms with van der Waals surface area (Å²) >= 11 is 0. The largest absolute Gasteiger partial charge is 0.466 e. The second-order valence-electron chi connectivity index (χ2n) is 6.49. The Morgan fingerprint density at radius 1 is 1.00 bits per heavy atom. The molecule has 0 bridgehead atoms. The molecule has 28 heavy (non-hydrogen) atoms. The first kappa shape index (κ1) is 22.8. The van der Waals surface area contributed by atoms with Gasteiger partial charge in [-0.05, 0) is 44.0 Å². The lowest BCUT2D eigenvalue weighted by atomic mass is 9.98. The molecule has 1 aromatic rings. The average molecular weight is 433 g/mol. The molecule has 0 atom stereocenters. The summed E-state index contributed by atoms with van der Waals surface area (Å²) in [5.74, 6) is -0.571. The van der Waals surface area contributed by atoms with Crippen LogP contribution in [0.15, 0.2) is 34.1 Å². The Labute approximate surface area is 167 Å². The lowest BCUT2D eigenvalue weighted by Gasteiger charge is -2.30. The highest BCUT2D eigenvalue weighted by atomic mass is 32.2. The van der Waals surface area contributed by atoms with Crippen LogP contribution in [0.25, 0.3) is 0 Å². The van der Waals surface area contributed by atoms with Gasteiger partial charge in [-0.25, -0.2) is 16.8 Å². The van der Waals surface area contributed by atoms with Crippen molar-refractivity contribution in [3.8, 4) is 0 Å². The number of hydrogen-bond donors (Lipinski definition) is 0. The minimum absolute atomic E-state index is 0.0422. The van der Waals surface area contributed by atoms with Crippen LogP contribution in [0.5, 0.6) is 0 Å². The van der Waals surface area contributed by atoms with E-state index in [0.717, 1.165) is 0 Å². The fourth-order valence-corrected chi connectivity index (χ4v) is 6.16. The molecule has 10 heteroatoms. The number of benzene rings is 1. The molecule has 1 heterocycles. The Morgan fingerprint density at radius 2 is 1.50 bits per heavy atom. The van der Waals surface area contributed by atoms with Gasteiger partial charge in [0, 0.05) is 26.2 Å². The van der Waals surface area contributed by atoms with E-state index in [1.54, 1.807) is 20.8 Å². The predicted octanol–water partition coefficient (Wildman–Crippen LogP) is 1.68. The van der Waals surface area contributed by atoms with Crippen molar-refractivity contribution in [2.45, 2.75) is 43.4 Å². The third-order valence-corrected chi connectivity index (χ3v) is 8.86. The van der Waals surface area contributed by atoms with Crippen molar-refractivity contribution in [2.24, 2.45) is 5.92 Å². The van der Waals surface area contributed by atoms with Gasteiger partial charge in [-0.2, -0.15) is 8.61 Å². The zero-order valence-corrected chi connectivity index (χ0v) is 18.1. The first-order valence-electron chi connectivity index (χ1n) is 9.45. The summed E-state index contributed by atoms with van der Waals surface area (Å²) in [6.07, 6.45) is 0.818. The van der Waals surface area contributed by atoms with Gasteiger partial charge < -0.3 is 4.74 Å². The molecule has 1 saturated heterocycles. The van der Waals surface area contributed by atoms with E-state index in [4.69, 9.17) is 4.74 Å². The van der Waals surface area contributed by atoms with Gasteiger partial charge in [-0.3, -0.25) is 4.79 Å². The number of sulfonamides is 2. The number of nitrogens with zero attached hydrogens (tertiary/aromatic N) is 2. The van der Waals surface area contributed by atoms with E-state index in [1.807, 2.05) is 0 Å². The zero-order chi connectivity index (χ0) is 20.9. The fraction of sp³-hybridized carbons (Fsp3) is 0.611. The highest BCUT2D eigenvalue weighted by Crippen LogP contribution is 2.26. The smallest absolute Gasteiger partial charge is 0.309 e. The molecule has 0 radical (unpaired) electrons. The van der Waals surface area contributed by atoms with Crippen molar-refractivity contribution >= 4 is 26.0 Å². The monoisotopic (exact) mass is 432 g/mol. The maximum Gasteiger partial charge on any atom is 0.309 e. The van der Waals surface area contributed by atoms with Gasteiger partial charge in [0.15, 0.2) is 0 Å². The Morgan fingerprint density at radius 3 is 1.96 bits per heavy atom. The van der Waals surface area contributed by atoms with Crippen molar-refractivity contribution in [3.63, 3.8) is 0 Å². The van der Waals surface area contributed by atoms with Crippen LogP contribution in [0.3, 0.4) is 0 Å². The Balaban J connectivity index is 2.14. The number of carbonyl (C=O) groups excluding carboxylic acids is 1. The number of hydrogen-bond acceptors (Lipinski definition) is 6. The second-order valence-corrected chi connectivity index (χ2v) is 10.4. The number of rotatable bonds is 8. The van der Waals surface area contributed by atoms with Crippen LogP contribution in [-0.2, 0) is 29.6 Å². The van der Waals surface area contributed by atoms with Crippen molar-refractivity contribution in [1.29, 1.82) is 0 Å². The molecule has 1 aromatic carbocycles. The Bertz CT molecular complexity index is 869. The minimum atomic E-state index is -3.74. The molecule has 0 N–H and O–H groups in total. The van der Waals surface area contributed by atoms with Gasteiger partial charge in [0.1, 0.15) is 0 Å². The Kier molecular flexibility index (Phi) is 7.60. The minimum Gasteiger partial charge on any atom is -0.466 e. The molecular weight excluding hydrogens is 404 g/mol. The van der Waals surface area contributed by atoms with E-state index < -0.39 is 20.0 Å². The molecule has 0 spiro atoms. The molecule has 158 valence electrons. The third-order valence-electron chi connectivity index (χ3n) is 4.88. The maximum absolute atomic E-state index is 12.8. The van der Waals surface area contributed by atoms with Gasteiger partial charge in [-0.1, -0.05) is 13.8 Å². The molecule has 0 saturated carbocycles. The summed E-state index contributed by atoms with van der Waals surface area (Å²) in [4.78, 5) is 11.9. The predicted molar refractivity (Wildman–Crippen MR) is 105 cm³/mol. The first-order valence-corrected chi connectivity index (χ1v) is 12.3. The van der Waals surface area contributed by atoms with Crippen LogP contribution in [0.2, 0.25) is 0 Å². The molecule has 1 aliphatic heterocycles. The van der Waals surface area contributed by atoms with Crippen LogP contribution in [-0.4, -0.2) is 64.2 Å². The molecular formula is C18H28N2O6S2. The van der Waals surface area contributed by atoms with Gasteiger partial charge in [0.05, 0.1) is 22.3 Å². The number of esters is 1. The molecule has 0 unspecified atom stereocenters. The summed E-state index contributed by atoms with van der Waals surface area (Å²) in [5.41, 5.74) is 0. The van der Waals surface area contributed by atoms with Crippen LogP contribution < -0.4 is 0 Å². The second kappa shape index (κ2) is 9.34. The normalized spacial score (nSPS) is 17.0. The summed E-state index contributed by atoms with van der Waals surface area (Å²) < 4.78 is 58.4. The van der Waals surface area contributed by atoms with E-state index in [2.05, 4.69) is 0 Å². The zero-order valence-electron chi connectivity index (χ0n) is 16.5. The van der Waals surface area contributed by atoms with Crippen LogP contribution in [0, 0.1) is 5.92 Å². The fourth-order valence-electron chi connectivity index (χ4n) is 3.24. The summed E-state index contributed by atoms with van der Waals surface area (Å²) in [7, 11) is -7.38. The lowest BCUT2D eigenvalue weighted by molar-refractivity contribution is -0.149. The third kappa shape index (κ3) is 4.73. The summed E-state index contributed by atoms with van der Waals surface area (Å²) in [6, 6.07) is 5.30. The SMILES string of the molecule is CCOC(=O)C1CCN(S(=O)(=O)c2ccc(S(=O)(=O)N(CC)CC)cc2)CC1. The van der Waals surface area contributed by atoms with Gasteiger partial charge in [0.2, 0.25) is 20.0 Å². The van der Waals surface area contributed by atoms with Crippen LogP contribution in [0.4, 0.5) is 0 Å². The lowest BCUT2D eigenvalue weighted by Crippen LogP contribution is -2.40. The number of ether oxygens (including phenoxy) is 1. The molecule has 0 aromatic heterocycles. The van der Waals surface area contributed by atoms with E-state index in [9.17, 15) is 21.6 Å². The summed E-state index contributed by atoms with van der Waals surface area (Å²) in [6.45, 7) is 6.68. The van der Waals surface area contributed by atoms with Crippen molar-refractivity contribution in [2.75, 3.05) is 32.8 Å². The van der Waals surface area contributed by atoms with Crippen molar-refractivity contribution in [1.82, 2.24) is 8.61 Å². The van der Waals surface area contributed by atoms with Crippen LogP contribution in [0.1, 0.15) is 33.6 Å². The van der Waals surface area contributed by atoms with Gasteiger partial charge in [0.25, 0.3) is 0 Å². The molecule has 8 nitrogen and oxygen atoms in total. The van der Waals surface area contributed by atoms with E-state index in [1.165, 1.54) is 32.9 Å². The van der Waals surface area contributed by atoms with Crippen LogP contribution >= 0.6 is 0 Å². The van der Waals surface area contributed by atoms with Gasteiger partial charge >= 0.3 is 5.97 Å². The van der Waals surface area contributed by atoms with E-state index in [-0.39, 0.29) is 34.8 Å². The molecule has 0 amide bonds. The maximum atomic E-state index is 12.8. The molecule has 0 aliphatic carbocycles. The molecule has 1 aliphatic rings. The Hall–Kier alpha value is -1.49. The quantitative estimate of drug-likeness (QED) is 0.579. The van der Waals surface area contributed by atoms with Crippen molar-refractivity contribution < 1.29 is 26.4 Å². The number of carbonyl (C=O) groups is 1. The van der Waals surface area contributed by atoms with Gasteiger partial charge in [-0.15, -0.1) is 0 Å². The van der Waals surface area contributed by atoms with E-state index >= 15 is 0 Å². The topological polar surface area (TPSA) is 101 Å². The average Bonchev–Trinajstić information content (AvgIpc) is 2.69. The van der Waals surface area contributed by atoms with E-state index in [0.29, 0.717) is 32.5 Å². The highest BCUT2D eigenvalue weighted by molar-refractivity contribution is 7.89. The molecule has 1 fully saturated rings. The molecule has 2 rings (SSSR count). The first-order chi connectivity index (χ1) is 13.2. The number of piperidine rings is 1.